The summed E-state index contributed by atoms with van der Waals surface area (Å²) in [4.78, 5) is 2.51. The highest BCUT2D eigenvalue weighted by molar-refractivity contribution is 6.11. The molecule has 3 heterocycles. The summed E-state index contributed by atoms with van der Waals surface area (Å²) in [6, 6.07) is 41.4. The summed E-state index contributed by atoms with van der Waals surface area (Å²) in [5.41, 5.74) is 12.3. The van der Waals surface area contributed by atoms with Crippen molar-refractivity contribution in [1.29, 1.82) is 5.26 Å². The lowest BCUT2D eigenvalue weighted by Gasteiger charge is -2.34. The predicted octanol–water partition coefficient (Wildman–Crippen LogP) is 10.8. The third-order valence-electron chi connectivity index (χ3n) is 10.6. The van der Waals surface area contributed by atoms with Crippen molar-refractivity contribution in [3.63, 3.8) is 0 Å². The number of para-hydroxylation sites is 3. The van der Waals surface area contributed by atoms with Gasteiger partial charge in [0.25, 0.3) is 0 Å². The second-order valence-electron chi connectivity index (χ2n) is 13.0. The van der Waals surface area contributed by atoms with Gasteiger partial charge < -0.3 is 13.9 Å². The molecule has 4 heteroatoms. The highest BCUT2D eigenvalue weighted by atomic mass is 16.3. The Labute approximate surface area is 272 Å². The molecule has 7 aromatic rings. The molecule has 224 valence electrons. The van der Waals surface area contributed by atoms with E-state index in [1.165, 1.54) is 44.2 Å². The van der Waals surface area contributed by atoms with Gasteiger partial charge in [0.1, 0.15) is 17.2 Å². The van der Waals surface area contributed by atoms with Crippen LogP contribution in [0.1, 0.15) is 36.8 Å². The fourth-order valence-electron chi connectivity index (χ4n) is 8.60. The van der Waals surface area contributed by atoms with Gasteiger partial charge in [-0.1, -0.05) is 72.8 Å². The molecule has 2 aliphatic carbocycles. The highest BCUT2D eigenvalue weighted by Gasteiger charge is 2.43. The topological polar surface area (TPSA) is 45.1 Å². The van der Waals surface area contributed by atoms with Gasteiger partial charge in [0.05, 0.1) is 22.3 Å². The van der Waals surface area contributed by atoms with Crippen LogP contribution in [-0.2, 0) is 0 Å². The van der Waals surface area contributed by atoms with Crippen molar-refractivity contribution in [3.8, 4) is 11.8 Å². The van der Waals surface area contributed by atoms with Crippen LogP contribution < -0.4 is 4.90 Å². The van der Waals surface area contributed by atoms with Crippen molar-refractivity contribution >= 4 is 55.0 Å². The summed E-state index contributed by atoms with van der Waals surface area (Å²) in [7, 11) is 0. The Kier molecular flexibility index (Phi) is 5.68. The van der Waals surface area contributed by atoms with E-state index in [2.05, 4.69) is 131 Å². The Morgan fingerprint density at radius 2 is 1.45 bits per heavy atom. The average molecular weight is 606 g/mol. The molecule has 4 nitrogen and oxygen atoms in total. The van der Waals surface area contributed by atoms with E-state index in [1.807, 2.05) is 12.1 Å². The lowest BCUT2D eigenvalue weighted by molar-refractivity contribution is 0.516. The average Bonchev–Trinajstić information content (AvgIpc) is 3.79. The summed E-state index contributed by atoms with van der Waals surface area (Å²) in [6.45, 7) is 0. The molecule has 10 rings (SSSR count). The quantitative estimate of drug-likeness (QED) is 0.188. The molecule has 2 atom stereocenters. The van der Waals surface area contributed by atoms with Crippen molar-refractivity contribution in [1.82, 2.24) is 4.57 Å². The van der Waals surface area contributed by atoms with Crippen LogP contribution in [0.4, 0.5) is 5.69 Å². The van der Waals surface area contributed by atoms with E-state index in [-0.39, 0.29) is 0 Å². The summed E-state index contributed by atoms with van der Waals surface area (Å²) < 4.78 is 8.80. The number of furan rings is 1. The number of benzene rings is 5. The van der Waals surface area contributed by atoms with Crippen LogP contribution in [0.15, 0.2) is 143 Å². The minimum absolute atomic E-state index is 0.327. The molecule has 0 bridgehead atoms. The minimum atomic E-state index is 0.327. The smallest absolute Gasteiger partial charge is 0.135 e. The van der Waals surface area contributed by atoms with Gasteiger partial charge in [-0.3, -0.25) is 0 Å². The number of hydrogen-bond donors (Lipinski definition) is 0. The fraction of sp³-hybridized carbons (Fsp3) is 0.140. The molecule has 0 amide bonds. The van der Waals surface area contributed by atoms with E-state index in [9.17, 15) is 5.26 Å². The predicted molar refractivity (Wildman–Crippen MR) is 192 cm³/mol. The van der Waals surface area contributed by atoms with Crippen molar-refractivity contribution < 1.29 is 4.42 Å². The molecule has 2 unspecified atom stereocenters. The van der Waals surface area contributed by atoms with Gasteiger partial charge >= 0.3 is 0 Å². The fourth-order valence-corrected chi connectivity index (χ4v) is 8.60. The van der Waals surface area contributed by atoms with Gasteiger partial charge in [0, 0.05) is 50.5 Å². The first-order valence-electron chi connectivity index (χ1n) is 16.6. The van der Waals surface area contributed by atoms with E-state index < -0.39 is 0 Å². The molecule has 1 aliphatic heterocycles. The third kappa shape index (κ3) is 3.81. The number of hydrogen-bond acceptors (Lipinski definition) is 3. The largest absolute Gasteiger partial charge is 0.456 e. The zero-order valence-corrected chi connectivity index (χ0v) is 25.9. The zero-order chi connectivity index (χ0) is 31.1. The maximum atomic E-state index is 10.1. The maximum absolute atomic E-state index is 10.1. The van der Waals surface area contributed by atoms with E-state index >= 15 is 0 Å². The number of anilines is 1. The first-order chi connectivity index (χ1) is 23.3. The van der Waals surface area contributed by atoms with Gasteiger partial charge in [-0.25, -0.2) is 0 Å². The molecular weight excluding hydrogens is 574 g/mol. The van der Waals surface area contributed by atoms with Crippen LogP contribution in [0, 0.1) is 17.2 Å². The lowest BCUT2D eigenvalue weighted by atomic mass is 9.82. The molecule has 47 heavy (non-hydrogen) atoms. The molecule has 0 saturated heterocycles. The Bertz CT molecular complexity index is 2510. The van der Waals surface area contributed by atoms with Crippen molar-refractivity contribution in [2.75, 3.05) is 4.90 Å². The SMILES string of the molecule is N#Cc1ccccc1N1C2=C(CCC=C2c2ccc3oc4ccc(-n5c6ccccc6c6ccccc65)cc4c3c2)C2C=CCCC21. The van der Waals surface area contributed by atoms with Crippen molar-refractivity contribution in [2.24, 2.45) is 5.92 Å². The van der Waals surface area contributed by atoms with Crippen molar-refractivity contribution in [3.05, 3.63) is 150 Å². The molecule has 0 N–H and O–H groups in total. The number of aromatic nitrogens is 1. The maximum Gasteiger partial charge on any atom is 0.135 e. The van der Waals surface area contributed by atoms with Crippen LogP contribution in [0.25, 0.3) is 55.0 Å². The zero-order valence-electron chi connectivity index (χ0n) is 25.9. The van der Waals surface area contributed by atoms with Gasteiger partial charge in [0.2, 0.25) is 0 Å². The highest BCUT2D eigenvalue weighted by Crippen LogP contribution is 2.51. The summed E-state index contributed by atoms with van der Waals surface area (Å²) in [5.74, 6) is 0.376. The van der Waals surface area contributed by atoms with E-state index in [1.54, 1.807) is 0 Å². The first-order valence-corrected chi connectivity index (χ1v) is 16.6. The third-order valence-corrected chi connectivity index (χ3v) is 10.6. The molecule has 0 saturated carbocycles. The van der Waals surface area contributed by atoms with E-state index in [0.717, 1.165) is 64.6 Å². The number of nitrogens with zero attached hydrogens (tertiary/aromatic N) is 3. The van der Waals surface area contributed by atoms with Crippen LogP contribution >= 0.6 is 0 Å². The van der Waals surface area contributed by atoms with Gasteiger partial charge in [0.15, 0.2) is 0 Å². The summed E-state index contributed by atoms with van der Waals surface area (Å²) in [6.07, 6.45) is 11.4. The Morgan fingerprint density at radius 1 is 0.723 bits per heavy atom. The van der Waals surface area contributed by atoms with Gasteiger partial charge in [-0.15, -0.1) is 0 Å². The van der Waals surface area contributed by atoms with Crippen LogP contribution in [-0.4, -0.2) is 10.6 Å². The van der Waals surface area contributed by atoms with E-state index in [0.29, 0.717) is 12.0 Å². The van der Waals surface area contributed by atoms with Crippen LogP contribution in [0.5, 0.6) is 0 Å². The van der Waals surface area contributed by atoms with Crippen LogP contribution in [0.2, 0.25) is 0 Å². The second-order valence-corrected chi connectivity index (χ2v) is 13.0. The molecule has 0 spiro atoms. The molecule has 0 radical (unpaired) electrons. The number of nitriles is 1. The number of allylic oxidation sites excluding steroid dienone is 3. The lowest BCUT2D eigenvalue weighted by Crippen LogP contribution is -2.35. The Balaban J connectivity index is 1.15. The van der Waals surface area contributed by atoms with Gasteiger partial charge in [-0.2, -0.15) is 5.26 Å². The molecular formula is C43H31N3O. The molecule has 0 fully saturated rings. The number of fused-ring (bicyclic) bond motifs is 8. The number of rotatable bonds is 3. The molecule has 5 aromatic carbocycles. The summed E-state index contributed by atoms with van der Waals surface area (Å²) in [5, 5.41) is 14.9. The first kappa shape index (κ1) is 26.4. The van der Waals surface area contributed by atoms with Crippen LogP contribution in [0.3, 0.4) is 0 Å². The van der Waals surface area contributed by atoms with E-state index in [4.69, 9.17) is 4.42 Å². The minimum Gasteiger partial charge on any atom is -0.456 e. The van der Waals surface area contributed by atoms with Gasteiger partial charge in [-0.05, 0) is 91.4 Å². The standard InChI is InChI=1S/C43H31N3O/c44-26-28-10-1-5-16-37(28)46-40-19-8-4-13-33(40)34-15-9-14-30(43(34)46)27-20-22-41-35(24-27)36-25-29(21-23-42(36)47-41)45-38-17-6-2-11-31(38)32-12-3-7-18-39(32)45/h1-7,10-14,16-18,20-25,33,40H,8-9,15,19H2. The Morgan fingerprint density at radius 3 is 2.26 bits per heavy atom. The molecule has 3 aliphatic rings. The summed E-state index contributed by atoms with van der Waals surface area (Å²) >= 11 is 0. The monoisotopic (exact) mass is 605 g/mol. The Hall–Kier alpha value is -5.79. The molecule has 2 aromatic heterocycles. The second kappa shape index (κ2) is 10.1. The van der Waals surface area contributed by atoms with Crippen molar-refractivity contribution in [2.45, 2.75) is 31.7 Å². The normalized spacial score (nSPS) is 19.0.